The Morgan fingerprint density at radius 1 is 0.743 bits per heavy atom. The summed E-state index contributed by atoms with van der Waals surface area (Å²) in [5.41, 5.74) is -5.05. The van der Waals surface area contributed by atoms with Crippen molar-refractivity contribution in [2.45, 2.75) is 23.4 Å². The van der Waals surface area contributed by atoms with Crippen molar-refractivity contribution in [3.63, 3.8) is 0 Å². The minimum Gasteiger partial charge on any atom is -0.335 e. The van der Waals surface area contributed by atoms with Crippen molar-refractivity contribution in [2.75, 3.05) is 26.2 Å². The molecule has 1 aromatic heterocycles. The molecule has 16 heteroatoms. The topological polar surface area (TPSA) is 70.6 Å². The van der Waals surface area contributed by atoms with E-state index in [0.29, 0.717) is 16.6 Å². The number of carbonyl (C=O) groups excluding carboxylic acids is 1. The number of hydrogen-bond donors (Lipinski definition) is 0. The van der Waals surface area contributed by atoms with Crippen molar-refractivity contribution in [1.82, 2.24) is 14.2 Å². The van der Waals surface area contributed by atoms with Crippen LogP contribution < -0.4 is 0 Å². The van der Waals surface area contributed by atoms with Crippen LogP contribution in [0, 0.1) is 0 Å². The summed E-state index contributed by atoms with van der Waals surface area (Å²) < 4.78 is 143. The monoisotopic (exact) mass is 535 g/mol. The third-order valence-corrected chi connectivity index (χ3v) is 6.91. The van der Waals surface area contributed by atoms with Gasteiger partial charge in [0.1, 0.15) is 5.69 Å². The summed E-state index contributed by atoms with van der Waals surface area (Å²) in [6, 6.07) is 1.44. The van der Waals surface area contributed by atoms with Crippen LogP contribution in [-0.2, 0) is 28.6 Å². The van der Waals surface area contributed by atoms with E-state index in [4.69, 9.17) is 0 Å². The second kappa shape index (κ2) is 8.96. The van der Waals surface area contributed by atoms with E-state index >= 15 is 0 Å². The molecule has 6 nitrogen and oxygen atoms in total. The number of piperazine rings is 1. The Bertz CT molecular complexity index is 1170. The molecule has 1 aliphatic heterocycles. The van der Waals surface area contributed by atoms with Crippen LogP contribution in [0.5, 0.6) is 0 Å². The highest BCUT2D eigenvalue weighted by molar-refractivity contribution is 7.89. The maximum absolute atomic E-state index is 13.1. The van der Waals surface area contributed by atoms with Crippen LogP contribution in [0.25, 0.3) is 0 Å². The van der Waals surface area contributed by atoms with Gasteiger partial charge in [0.2, 0.25) is 10.0 Å². The lowest BCUT2D eigenvalue weighted by molar-refractivity contribution is -0.143. The van der Waals surface area contributed by atoms with Gasteiger partial charge in [0, 0.05) is 32.4 Å². The standard InChI is InChI=1S/C19H14F9N3O3S/c20-17(21,22)11-1-2-15(29-10-11)16(32)30-3-5-31(6-4-30)35(33,34)14-8-12(18(23,24)25)7-13(9-14)19(26,27)28/h1-2,7-10H,3-6H2. The van der Waals surface area contributed by atoms with Crippen LogP contribution in [0.2, 0.25) is 0 Å². The van der Waals surface area contributed by atoms with Gasteiger partial charge in [0.25, 0.3) is 5.91 Å². The van der Waals surface area contributed by atoms with Gasteiger partial charge in [0.15, 0.2) is 0 Å². The molecule has 0 radical (unpaired) electrons. The summed E-state index contributed by atoms with van der Waals surface area (Å²) in [5.74, 6) is -0.825. The molecule has 0 unspecified atom stereocenters. The molecule has 1 aromatic carbocycles. The smallest absolute Gasteiger partial charge is 0.335 e. The normalized spacial score (nSPS) is 16.4. The molecule has 2 aromatic rings. The van der Waals surface area contributed by atoms with E-state index in [1.54, 1.807) is 0 Å². The molecule has 0 atom stereocenters. The van der Waals surface area contributed by atoms with Gasteiger partial charge in [0.05, 0.1) is 21.6 Å². The molecule has 0 N–H and O–H groups in total. The first-order valence-electron chi connectivity index (χ1n) is 9.53. The van der Waals surface area contributed by atoms with Crippen LogP contribution in [0.4, 0.5) is 39.5 Å². The Kier molecular flexibility index (Phi) is 6.84. The van der Waals surface area contributed by atoms with Gasteiger partial charge in [-0.05, 0) is 30.3 Å². The van der Waals surface area contributed by atoms with Crippen LogP contribution in [0.3, 0.4) is 0 Å². The lowest BCUT2D eigenvalue weighted by Crippen LogP contribution is -2.50. The van der Waals surface area contributed by atoms with Gasteiger partial charge in [-0.15, -0.1) is 0 Å². The molecule has 192 valence electrons. The lowest BCUT2D eigenvalue weighted by Gasteiger charge is -2.34. The van der Waals surface area contributed by atoms with E-state index in [1.165, 1.54) is 0 Å². The predicted octanol–water partition coefficient (Wildman–Crippen LogP) is 4.28. The third-order valence-electron chi connectivity index (χ3n) is 5.03. The van der Waals surface area contributed by atoms with Crippen molar-refractivity contribution in [1.29, 1.82) is 0 Å². The Morgan fingerprint density at radius 3 is 1.63 bits per heavy atom. The van der Waals surface area contributed by atoms with Crippen molar-refractivity contribution in [3.8, 4) is 0 Å². The molecule has 0 spiro atoms. The maximum atomic E-state index is 13.1. The summed E-state index contributed by atoms with van der Waals surface area (Å²) in [4.78, 5) is 15.7. The zero-order valence-corrected chi connectivity index (χ0v) is 18.0. The zero-order valence-electron chi connectivity index (χ0n) is 17.2. The number of nitrogens with zero attached hydrogens (tertiary/aromatic N) is 3. The fourth-order valence-electron chi connectivity index (χ4n) is 3.21. The molecule has 1 saturated heterocycles. The quantitative estimate of drug-likeness (QED) is 0.551. The molecular weight excluding hydrogens is 521 g/mol. The average Bonchev–Trinajstić information content (AvgIpc) is 2.76. The predicted molar refractivity (Wildman–Crippen MR) is 100 cm³/mol. The van der Waals surface area contributed by atoms with E-state index in [-0.39, 0.29) is 37.0 Å². The molecule has 0 aliphatic carbocycles. The minimum absolute atomic E-state index is 0.0915. The van der Waals surface area contributed by atoms with Crippen LogP contribution in [0.1, 0.15) is 27.2 Å². The van der Waals surface area contributed by atoms with Gasteiger partial charge < -0.3 is 4.90 Å². The first-order chi connectivity index (χ1) is 15.9. The number of halogens is 9. The van der Waals surface area contributed by atoms with E-state index in [1.807, 2.05) is 0 Å². The van der Waals surface area contributed by atoms with Crippen LogP contribution in [0.15, 0.2) is 41.4 Å². The first kappa shape index (κ1) is 26.7. The Balaban J connectivity index is 1.79. The van der Waals surface area contributed by atoms with E-state index < -0.39 is 69.1 Å². The summed E-state index contributed by atoms with van der Waals surface area (Å²) in [6.45, 7) is -1.61. The fourth-order valence-corrected chi connectivity index (χ4v) is 4.70. The number of rotatable bonds is 3. The SMILES string of the molecule is O=C(c1ccc(C(F)(F)F)cn1)N1CCN(S(=O)(=O)c2cc(C(F)(F)F)cc(C(F)(F)F)c2)CC1. The summed E-state index contributed by atoms with van der Waals surface area (Å²) in [7, 11) is -4.81. The third kappa shape index (κ3) is 5.86. The van der Waals surface area contributed by atoms with Gasteiger partial charge in [-0.3, -0.25) is 9.78 Å². The summed E-state index contributed by atoms with van der Waals surface area (Å²) >= 11 is 0. The van der Waals surface area contributed by atoms with Crippen molar-refractivity contribution >= 4 is 15.9 Å². The van der Waals surface area contributed by atoms with E-state index in [2.05, 4.69) is 4.98 Å². The number of pyridine rings is 1. The van der Waals surface area contributed by atoms with Crippen molar-refractivity contribution in [3.05, 3.63) is 58.9 Å². The zero-order chi connectivity index (χ0) is 26.4. The second-order valence-corrected chi connectivity index (χ2v) is 9.31. The number of sulfonamides is 1. The van der Waals surface area contributed by atoms with E-state index in [0.717, 1.165) is 11.0 Å². The molecule has 2 heterocycles. The summed E-state index contributed by atoms with van der Waals surface area (Å²) in [6.07, 6.45) is -14.7. The number of carbonyl (C=O) groups is 1. The van der Waals surface area contributed by atoms with Gasteiger partial charge >= 0.3 is 18.5 Å². The lowest BCUT2D eigenvalue weighted by atomic mass is 10.1. The molecule has 1 aliphatic rings. The number of alkyl halides is 9. The number of aromatic nitrogens is 1. The van der Waals surface area contributed by atoms with Gasteiger partial charge in [-0.1, -0.05) is 0 Å². The highest BCUT2D eigenvalue weighted by Gasteiger charge is 2.40. The Hall–Kier alpha value is -2.88. The molecule has 3 rings (SSSR count). The summed E-state index contributed by atoms with van der Waals surface area (Å²) in [5, 5.41) is 0. The molecule has 35 heavy (non-hydrogen) atoms. The Labute approximate surface area is 192 Å². The molecule has 0 bridgehead atoms. The Morgan fingerprint density at radius 2 is 1.23 bits per heavy atom. The van der Waals surface area contributed by atoms with Crippen LogP contribution >= 0.6 is 0 Å². The highest BCUT2D eigenvalue weighted by atomic mass is 32.2. The van der Waals surface area contributed by atoms with Gasteiger partial charge in [-0.25, -0.2) is 8.42 Å². The van der Waals surface area contributed by atoms with Crippen LogP contribution in [-0.4, -0.2) is 54.7 Å². The maximum Gasteiger partial charge on any atom is 0.417 e. The average molecular weight is 535 g/mol. The molecule has 1 fully saturated rings. The second-order valence-electron chi connectivity index (χ2n) is 7.37. The number of amides is 1. The minimum atomic E-state index is -5.24. The fraction of sp³-hybridized carbons (Fsp3) is 0.368. The molecular formula is C19H14F9N3O3S. The van der Waals surface area contributed by atoms with Gasteiger partial charge in [-0.2, -0.15) is 43.8 Å². The van der Waals surface area contributed by atoms with E-state index in [9.17, 15) is 52.7 Å². The number of hydrogen-bond acceptors (Lipinski definition) is 4. The molecule has 1 amide bonds. The number of benzene rings is 1. The van der Waals surface area contributed by atoms with Crippen molar-refractivity contribution in [2.24, 2.45) is 0 Å². The highest BCUT2D eigenvalue weighted by Crippen LogP contribution is 2.38. The first-order valence-corrected chi connectivity index (χ1v) is 11.0. The molecule has 0 saturated carbocycles. The van der Waals surface area contributed by atoms with Crippen molar-refractivity contribution < 1.29 is 52.7 Å². The largest absolute Gasteiger partial charge is 0.417 e.